The van der Waals surface area contributed by atoms with Crippen LogP contribution in [0.4, 0.5) is 4.79 Å². The Morgan fingerprint density at radius 2 is 1.54 bits per heavy atom. The summed E-state index contributed by atoms with van der Waals surface area (Å²) in [6.45, 7) is -0.275. The molecule has 6 heteroatoms. The summed E-state index contributed by atoms with van der Waals surface area (Å²) in [6, 6.07) is 17.8. The van der Waals surface area contributed by atoms with Crippen molar-refractivity contribution < 1.29 is 14.4 Å². The Kier molecular flexibility index (Phi) is 3.95. The van der Waals surface area contributed by atoms with Crippen LogP contribution < -0.4 is 10.6 Å². The molecule has 26 heavy (non-hydrogen) atoms. The molecule has 1 heterocycles. The maximum Gasteiger partial charge on any atom is 0.326 e. The average molecular weight is 349 g/mol. The van der Waals surface area contributed by atoms with Crippen molar-refractivity contribution in [1.29, 1.82) is 0 Å². The van der Waals surface area contributed by atoms with E-state index in [1.54, 1.807) is 24.3 Å². The van der Waals surface area contributed by atoms with Gasteiger partial charge in [0.25, 0.3) is 5.91 Å². The van der Waals surface area contributed by atoms with Crippen LogP contribution >= 0.6 is 0 Å². The normalized spacial score (nSPS) is 18.5. The Morgan fingerprint density at radius 1 is 1.00 bits per heavy atom. The van der Waals surface area contributed by atoms with E-state index in [4.69, 9.17) is 0 Å². The van der Waals surface area contributed by atoms with Crippen LogP contribution in [0.2, 0.25) is 0 Å². The monoisotopic (exact) mass is 349 g/mol. The summed E-state index contributed by atoms with van der Waals surface area (Å²) in [4.78, 5) is 39.1. The van der Waals surface area contributed by atoms with E-state index in [2.05, 4.69) is 10.6 Å². The number of nitrogens with one attached hydrogen (secondary N) is 2. The minimum absolute atomic E-state index is 0.177. The number of benzene rings is 2. The van der Waals surface area contributed by atoms with Gasteiger partial charge in [-0.25, -0.2) is 4.79 Å². The first kappa shape index (κ1) is 16.3. The third-order valence-electron chi connectivity index (χ3n) is 4.76. The molecule has 0 spiro atoms. The summed E-state index contributed by atoms with van der Waals surface area (Å²) >= 11 is 0. The Bertz CT molecular complexity index is 808. The van der Waals surface area contributed by atoms with Crippen LogP contribution in [-0.2, 0) is 15.1 Å². The lowest BCUT2D eigenvalue weighted by atomic mass is 9.82. The molecule has 0 unspecified atom stereocenters. The number of hydrogen-bond acceptors (Lipinski definition) is 3. The highest BCUT2D eigenvalue weighted by Crippen LogP contribution is 2.35. The van der Waals surface area contributed by atoms with Gasteiger partial charge in [-0.15, -0.1) is 0 Å². The molecule has 2 fully saturated rings. The molecule has 2 N–H and O–H groups in total. The van der Waals surface area contributed by atoms with Crippen LogP contribution in [0.15, 0.2) is 60.7 Å². The standard InChI is InChI=1S/C20H19N3O3/c24-17(21-16-11-12-16)13-23-18(25)20(22-19(23)26,14-7-3-1-4-8-14)15-9-5-2-6-10-15/h1-10,16H,11-13H2,(H,21,24)(H,22,26). The van der Waals surface area contributed by atoms with Crippen molar-refractivity contribution >= 4 is 17.8 Å². The van der Waals surface area contributed by atoms with Gasteiger partial charge in [0.05, 0.1) is 0 Å². The van der Waals surface area contributed by atoms with E-state index in [-0.39, 0.29) is 18.5 Å². The van der Waals surface area contributed by atoms with Gasteiger partial charge in [0, 0.05) is 6.04 Å². The van der Waals surface area contributed by atoms with Crippen LogP contribution in [0.5, 0.6) is 0 Å². The number of rotatable bonds is 5. The summed E-state index contributed by atoms with van der Waals surface area (Å²) in [5.41, 5.74) is 0.00345. The summed E-state index contributed by atoms with van der Waals surface area (Å²) in [7, 11) is 0. The molecule has 1 saturated carbocycles. The Balaban J connectivity index is 1.71. The van der Waals surface area contributed by atoms with Gasteiger partial charge in [0.1, 0.15) is 6.54 Å². The lowest BCUT2D eigenvalue weighted by molar-refractivity contribution is -0.134. The zero-order valence-electron chi connectivity index (χ0n) is 14.1. The number of hydrogen-bond donors (Lipinski definition) is 2. The first-order chi connectivity index (χ1) is 12.6. The Morgan fingerprint density at radius 3 is 2.04 bits per heavy atom. The maximum atomic E-state index is 13.3. The SMILES string of the molecule is O=C(CN1C(=O)NC(c2ccccc2)(c2ccccc2)C1=O)NC1CC1. The summed E-state index contributed by atoms with van der Waals surface area (Å²) in [6.07, 6.45) is 1.90. The second-order valence-electron chi connectivity index (χ2n) is 6.65. The number of imide groups is 1. The fourth-order valence-corrected chi connectivity index (χ4v) is 3.30. The second-order valence-corrected chi connectivity index (χ2v) is 6.65. The molecule has 6 nitrogen and oxygen atoms in total. The van der Waals surface area contributed by atoms with Crippen LogP contribution in [0.1, 0.15) is 24.0 Å². The number of carbonyl (C=O) groups excluding carboxylic acids is 3. The zero-order chi connectivity index (χ0) is 18.1. The van der Waals surface area contributed by atoms with Crippen molar-refractivity contribution in [3.05, 3.63) is 71.8 Å². The van der Waals surface area contributed by atoms with E-state index < -0.39 is 17.5 Å². The Labute approximate surface area is 151 Å². The van der Waals surface area contributed by atoms with E-state index in [1.807, 2.05) is 36.4 Å². The van der Waals surface area contributed by atoms with Crippen molar-refractivity contribution in [2.75, 3.05) is 6.54 Å². The fraction of sp³-hybridized carbons (Fsp3) is 0.250. The first-order valence-electron chi connectivity index (χ1n) is 8.66. The third-order valence-corrected chi connectivity index (χ3v) is 4.76. The molecule has 2 aromatic rings. The van der Waals surface area contributed by atoms with Gasteiger partial charge in [0.15, 0.2) is 5.54 Å². The van der Waals surface area contributed by atoms with Gasteiger partial charge in [-0.05, 0) is 24.0 Å². The highest BCUT2D eigenvalue weighted by molar-refractivity contribution is 6.11. The van der Waals surface area contributed by atoms with Crippen LogP contribution in [-0.4, -0.2) is 35.3 Å². The van der Waals surface area contributed by atoms with Crippen molar-refractivity contribution in [3.8, 4) is 0 Å². The smallest absolute Gasteiger partial charge is 0.326 e. The van der Waals surface area contributed by atoms with Gasteiger partial charge < -0.3 is 10.6 Å². The lowest BCUT2D eigenvalue weighted by Crippen LogP contribution is -2.46. The molecule has 0 atom stereocenters. The van der Waals surface area contributed by atoms with E-state index >= 15 is 0 Å². The molecule has 0 bridgehead atoms. The Hall–Kier alpha value is -3.15. The quantitative estimate of drug-likeness (QED) is 0.808. The van der Waals surface area contributed by atoms with Crippen LogP contribution in [0, 0.1) is 0 Å². The predicted molar refractivity (Wildman–Crippen MR) is 95.1 cm³/mol. The van der Waals surface area contributed by atoms with Crippen molar-refractivity contribution in [3.63, 3.8) is 0 Å². The molecule has 0 radical (unpaired) electrons. The number of amides is 4. The molecule has 4 amide bonds. The predicted octanol–water partition coefficient (Wildman–Crippen LogP) is 1.76. The average Bonchev–Trinajstić information content (AvgIpc) is 3.44. The number of nitrogens with zero attached hydrogens (tertiary/aromatic N) is 1. The minimum atomic E-state index is -1.32. The van der Waals surface area contributed by atoms with Crippen LogP contribution in [0.25, 0.3) is 0 Å². The minimum Gasteiger partial charge on any atom is -0.352 e. The molecule has 1 aliphatic heterocycles. The maximum absolute atomic E-state index is 13.3. The molecule has 4 rings (SSSR count). The topological polar surface area (TPSA) is 78.5 Å². The molecule has 2 aliphatic rings. The van der Waals surface area contributed by atoms with Gasteiger partial charge in [0.2, 0.25) is 5.91 Å². The molecular weight excluding hydrogens is 330 g/mol. The van der Waals surface area contributed by atoms with E-state index in [0.717, 1.165) is 17.7 Å². The van der Waals surface area contributed by atoms with Crippen LogP contribution in [0.3, 0.4) is 0 Å². The van der Waals surface area contributed by atoms with Crippen molar-refractivity contribution in [2.45, 2.75) is 24.4 Å². The number of carbonyl (C=O) groups is 3. The van der Waals surface area contributed by atoms with E-state index in [1.165, 1.54) is 0 Å². The van der Waals surface area contributed by atoms with Crippen molar-refractivity contribution in [2.24, 2.45) is 0 Å². The van der Waals surface area contributed by atoms with Crippen molar-refractivity contribution in [1.82, 2.24) is 15.5 Å². The largest absolute Gasteiger partial charge is 0.352 e. The lowest BCUT2D eigenvalue weighted by Gasteiger charge is -2.28. The third kappa shape index (κ3) is 2.73. The highest BCUT2D eigenvalue weighted by Gasteiger charge is 2.54. The summed E-state index contributed by atoms with van der Waals surface area (Å²) in [5.74, 6) is -0.751. The number of urea groups is 1. The molecule has 2 aromatic carbocycles. The van der Waals surface area contributed by atoms with Gasteiger partial charge in [-0.3, -0.25) is 14.5 Å². The fourth-order valence-electron chi connectivity index (χ4n) is 3.30. The van der Waals surface area contributed by atoms with Gasteiger partial charge in [-0.2, -0.15) is 0 Å². The first-order valence-corrected chi connectivity index (χ1v) is 8.66. The second kappa shape index (κ2) is 6.29. The van der Waals surface area contributed by atoms with E-state index in [0.29, 0.717) is 11.1 Å². The molecule has 1 saturated heterocycles. The molecule has 0 aromatic heterocycles. The summed E-state index contributed by atoms with van der Waals surface area (Å²) < 4.78 is 0. The molecule has 132 valence electrons. The summed E-state index contributed by atoms with van der Waals surface area (Å²) in [5, 5.41) is 5.65. The zero-order valence-corrected chi connectivity index (χ0v) is 14.1. The molecule has 1 aliphatic carbocycles. The van der Waals surface area contributed by atoms with E-state index in [9.17, 15) is 14.4 Å². The van der Waals surface area contributed by atoms with Gasteiger partial charge >= 0.3 is 6.03 Å². The van der Waals surface area contributed by atoms with Gasteiger partial charge in [-0.1, -0.05) is 60.7 Å². The molecular formula is C20H19N3O3. The highest BCUT2D eigenvalue weighted by atomic mass is 16.2.